The predicted molar refractivity (Wildman–Crippen MR) is 94.0 cm³/mol. The zero-order valence-electron chi connectivity index (χ0n) is 13.6. The molecular weight excluding hydrogens is 330 g/mol. The normalized spacial score (nSPS) is 14.7. The number of carbonyl (C=O) groups excluding carboxylic acids is 1. The maximum Gasteiger partial charge on any atom is 0.277 e. The second-order valence-electron chi connectivity index (χ2n) is 5.48. The van der Waals surface area contributed by atoms with Gasteiger partial charge in [0.25, 0.3) is 5.91 Å². The molecule has 0 spiro atoms. The van der Waals surface area contributed by atoms with Gasteiger partial charge in [-0.3, -0.25) is 4.79 Å². The van der Waals surface area contributed by atoms with Crippen molar-refractivity contribution in [2.45, 2.75) is 25.8 Å². The van der Waals surface area contributed by atoms with Crippen LogP contribution in [-0.4, -0.2) is 40.6 Å². The first-order valence-corrected chi connectivity index (χ1v) is 7.93. The van der Waals surface area contributed by atoms with Gasteiger partial charge in [0.15, 0.2) is 5.69 Å². The molecule has 0 aliphatic carbocycles. The molecule has 24 heavy (non-hydrogen) atoms. The van der Waals surface area contributed by atoms with E-state index < -0.39 is 0 Å². The van der Waals surface area contributed by atoms with Gasteiger partial charge in [-0.25, -0.2) is 4.68 Å². The van der Waals surface area contributed by atoms with Crippen molar-refractivity contribution in [1.29, 1.82) is 0 Å². The molecule has 2 N–H and O–H groups in total. The molecule has 0 radical (unpaired) electrons. The van der Waals surface area contributed by atoms with E-state index >= 15 is 0 Å². The van der Waals surface area contributed by atoms with Crippen LogP contribution in [-0.2, 0) is 0 Å². The van der Waals surface area contributed by atoms with Gasteiger partial charge in [0.05, 0.1) is 18.8 Å². The molecule has 8 heteroatoms. The fourth-order valence-electron chi connectivity index (χ4n) is 2.63. The van der Waals surface area contributed by atoms with Gasteiger partial charge < -0.3 is 15.4 Å². The largest absolute Gasteiger partial charge is 0.494 e. The molecule has 1 aromatic heterocycles. The summed E-state index contributed by atoms with van der Waals surface area (Å²) in [6.07, 6.45) is 3.73. The van der Waals surface area contributed by atoms with E-state index in [2.05, 4.69) is 20.9 Å². The van der Waals surface area contributed by atoms with Gasteiger partial charge in [-0.05, 0) is 57.1 Å². The quantitative estimate of drug-likeness (QED) is 0.863. The third-order valence-corrected chi connectivity index (χ3v) is 3.85. The summed E-state index contributed by atoms with van der Waals surface area (Å²) in [6, 6.07) is 7.58. The van der Waals surface area contributed by atoms with Crippen LogP contribution in [0.1, 0.15) is 36.3 Å². The Bertz CT molecular complexity index is 653. The number of carbonyl (C=O) groups is 1. The van der Waals surface area contributed by atoms with E-state index in [0.717, 1.165) is 31.7 Å². The minimum atomic E-state index is -0.255. The van der Waals surface area contributed by atoms with E-state index in [1.165, 1.54) is 0 Å². The van der Waals surface area contributed by atoms with Crippen molar-refractivity contribution >= 4 is 24.0 Å². The van der Waals surface area contributed by atoms with Crippen molar-refractivity contribution in [2.75, 3.05) is 25.0 Å². The molecule has 1 fully saturated rings. The Balaban J connectivity index is 0.00000208. The summed E-state index contributed by atoms with van der Waals surface area (Å²) in [5, 5.41) is 14.2. The van der Waals surface area contributed by atoms with Gasteiger partial charge in [-0.15, -0.1) is 17.5 Å². The fourth-order valence-corrected chi connectivity index (χ4v) is 2.63. The van der Waals surface area contributed by atoms with Crippen LogP contribution in [0.15, 0.2) is 30.5 Å². The molecule has 0 saturated carbocycles. The zero-order chi connectivity index (χ0) is 16.1. The summed E-state index contributed by atoms with van der Waals surface area (Å²) in [4.78, 5) is 12.3. The monoisotopic (exact) mass is 351 g/mol. The maximum absolute atomic E-state index is 12.3. The highest BCUT2D eigenvalue weighted by Gasteiger charge is 2.18. The van der Waals surface area contributed by atoms with Gasteiger partial charge in [0.2, 0.25) is 0 Å². The van der Waals surface area contributed by atoms with Gasteiger partial charge in [0.1, 0.15) is 5.75 Å². The van der Waals surface area contributed by atoms with E-state index in [1.807, 2.05) is 19.1 Å². The Labute approximate surface area is 147 Å². The lowest BCUT2D eigenvalue weighted by atomic mass is 10.1. The molecule has 1 aliphatic heterocycles. The number of piperidine rings is 1. The van der Waals surface area contributed by atoms with Crippen LogP contribution in [0, 0.1) is 0 Å². The second kappa shape index (κ2) is 8.65. The summed E-state index contributed by atoms with van der Waals surface area (Å²) in [5.41, 5.74) is 1.03. The van der Waals surface area contributed by atoms with Crippen molar-refractivity contribution in [3.8, 4) is 5.75 Å². The molecule has 1 saturated heterocycles. The fraction of sp³-hybridized carbons (Fsp3) is 0.438. The number of ether oxygens (including phenoxy) is 1. The minimum Gasteiger partial charge on any atom is -0.494 e. The smallest absolute Gasteiger partial charge is 0.277 e. The standard InChI is InChI=1S/C16H21N5O2.ClH/c1-2-23-14-5-3-12(4-6-14)18-16(22)15-11-21(20-19-15)13-7-9-17-10-8-13;/h3-6,11,13,17H,2,7-10H2,1H3,(H,18,22);1H. The minimum absolute atomic E-state index is 0. The number of amides is 1. The van der Waals surface area contributed by atoms with Crippen LogP contribution in [0.5, 0.6) is 5.75 Å². The lowest BCUT2D eigenvalue weighted by Crippen LogP contribution is -2.29. The average Bonchev–Trinajstić information content (AvgIpc) is 3.08. The van der Waals surface area contributed by atoms with Crippen LogP contribution in [0.4, 0.5) is 5.69 Å². The van der Waals surface area contributed by atoms with Crippen molar-refractivity contribution in [2.24, 2.45) is 0 Å². The number of aromatic nitrogens is 3. The van der Waals surface area contributed by atoms with Crippen LogP contribution >= 0.6 is 12.4 Å². The van der Waals surface area contributed by atoms with E-state index in [0.29, 0.717) is 24.0 Å². The Morgan fingerprint density at radius 2 is 2.04 bits per heavy atom. The molecule has 3 rings (SSSR count). The Morgan fingerprint density at radius 3 is 2.71 bits per heavy atom. The third-order valence-electron chi connectivity index (χ3n) is 3.85. The van der Waals surface area contributed by atoms with E-state index in [-0.39, 0.29) is 18.3 Å². The van der Waals surface area contributed by atoms with E-state index in [9.17, 15) is 4.79 Å². The maximum atomic E-state index is 12.3. The zero-order valence-corrected chi connectivity index (χ0v) is 14.4. The second-order valence-corrected chi connectivity index (χ2v) is 5.48. The first-order valence-electron chi connectivity index (χ1n) is 7.93. The molecule has 0 unspecified atom stereocenters. The number of benzene rings is 1. The van der Waals surface area contributed by atoms with Gasteiger partial charge in [-0.2, -0.15) is 0 Å². The molecular formula is C16H22ClN5O2. The Hall–Kier alpha value is -2.12. The highest BCUT2D eigenvalue weighted by Crippen LogP contribution is 2.18. The first kappa shape index (κ1) is 18.2. The Morgan fingerprint density at radius 1 is 1.33 bits per heavy atom. The number of nitrogens with zero attached hydrogens (tertiary/aromatic N) is 3. The molecule has 0 atom stereocenters. The van der Waals surface area contributed by atoms with Gasteiger partial charge in [0, 0.05) is 5.69 Å². The van der Waals surface area contributed by atoms with Crippen molar-refractivity contribution in [3.05, 3.63) is 36.2 Å². The van der Waals surface area contributed by atoms with Crippen LogP contribution in [0.25, 0.3) is 0 Å². The van der Waals surface area contributed by atoms with Crippen molar-refractivity contribution < 1.29 is 9.53 Å². The van der Waals surface area contributed by atoms with Gasteiger partial charge >= 0.3 is 0 Å². The molecule has 130 valence electrons. The van der Waals surface area contributed by atoms with E-state index in [1.54, 1.807) is 23.0 Å². The predicted octanol–water partition coefficient (Wildman–Crippen LogP) is 2.28. The molecule has 0 bridgehead atoms. The summed E-state index contributed by atoms with van der Waals surface area (Å²) >= 11 is 0. The molecule has 1 aliphatic rings. The van der Waals surface area contributed by atoms with Crippen molar-refractivity contribution in [1.82, 2.24) is 20.3 Å². The van der Waals surface area contributed by atoms with E-state index in [4.69, 9.17) is 4.74 Å². The molecule has 2 heterocycles. The molecule has 1 amide bonds. The number of nitrogens with one attached hydrogen (secondary N) is 2. The topological polar surface area (TPSA) is 81.1 Å². The van der Waals surface area contributed by atoms with Gasteiger partial charge in [-0.1, -0.05) is 5.21 Å². The number of halogens is 1. The SMILES string of the molecule is CCOc1ccc(NC(=O)c2cn(C3CCNCC3)nn2)cc1.Cl. The number of anilines is 1. The lowest BCUT2D eigenvalue weighted by Gasteiger charge is -2.22. The van der Waals surface area contributed by atoms with Crippen LogP contribution in [0.3, 0.4) is 0 Å². The van der Waals surface area contributed by atoms with Crippen molar-refractivity contribution in [3.63, 3.8) is 0 Å². The number of rotatable bonds is 5. The summed E-state index contributed by atoms with van der Waals surface area (Å²) in [6.45, 7) is 4.49. The number of hydrogen-bond donors (Lipinski definition) is 2. The van der Waals surface area contributed by atoms with Crippen LogP contribution in [0.2, 0.25) is 0 Å². The highest BCUT2D eigenvalue weighted by atomic mass is 35.5. The summed E-state index contributed by atoms with van der Waals surface area (Å²) < 4.78 is 7.18. The first-order chi connectivity index (χ1) is 11.3. The third kappa shape index (κ3) is 4.46. The van der Waals surface area contributed by atoms with Crippen LogP contribution < -0.4 is 15.4 Å². The lowest BCUT2D eigenvalue weighted by molar-refractivity contribution is 0.102. The summed E-state index contributed by atoms with van der Waals surface area (Å²) in [7, 11) is 0. The molecule has 2 aromatic rings. The number of hydrogen-bond acceptors (Lipinski definition) is 5. The molecule has 1 aromatic carbocycles. The average molecular weight is 352 g/mol. The summed E-state index contributed by atoms with van der Waals surface area (Å²) in [5.74, 6) is 0.525. The highest BCUT2D eigenvalue weighted by molar-refractivity contribution is 6.02. The Kier molecular flexibility index (Phi) is 6.57. The molecule has 7 nitrogen and oxygen atoms in total.